The second kappa shape index (κ2) is 5.94. The third-order valence-corrected chi connectivity index (χ3v) is 1.98. The smallest absolute Gasteiger partial charge is 0.163 e. The summed E-state index contributed by atoms with van der Waals surface area (Å²) in [6.07, 6.45) is 1.53. The van der Waals surface area contributed by atoms with Gasteiger partial charge in [-0.1, -0.05) is 25.5 Å². The highest BCUT2D eigenvalue weighted by molar-refractivity contribution is 5.85. The zero-order chi connectivity index (χ0) is 9.84. The van der Waals surface area contributed by atoms with Crippen LogP contribution in [0.1, 0.15) is 31.4 Å². The number of nitrogens with two attached hydrogens (primary N) is 1. The predicted molar refractivity (Wildman–Crippen MR) is 55.4 cm³/mol. The van der Waals surface area contributed by atoms with Crippen molar-refractivity contribution in [1.82, 2.24) is 0 Å². The summed E-state index contributed by atoms with van der Waals surface area (Å²) in [5, 5.41) is 0. The third-order valence-electron chi connectivity index (χ3n) is 1.98. The first-order chi connectivity index (χ1) is 6.16. The minimum atomic E-state index is -0.830. The van der Waals surface area contributed by atoms with Crippen molar-refractivity contribution in [1.29, 1.82) is 0 Å². The Labute approximate surface area is 88.7 Å². The second-order valence-corrected chi connectivity index (χ2v) is 3.04. The molecule has 0 aliphatic rings. The molecule has 14 heavy (non-hydrogen) atoms. The van der Waals surface area contributed by atoms with E-state index in [-0.39, 0.29) is 18.0 Å². The molecule has 0 spiro atoms. The molecule has 4 heteroatoms. The van der Waals surface area contributed by atoms with Crippen molar-refractivity contribution >= 4 is 12.4 Å². The fourth-order valence-electron chi connectivity index (χ4n) is 1.27. The maximum Gasteiger partial charge on any atom is 0.163 e. The average Bonchev–Trinajstić information content (AvgIpc) is 2.10. The molecular weight excluding hydrogens is 208 g/mol. The quantitative estimate of drug-likeness (QED) is 0.834. The maximum absolute atomic E-state index is 13.1. The van der Waals surface area contributed by atoms with Crippen LogP contribution in [0.3, 0.4) is 0 Å². The van der Waals surface area contributed by atoms with Gasteiger partial charge in [0, 0.05) is 11.6 Å². The largest absolute Gasteiger partial charge is 0.324 e. The van der Waals surface area contributed by atoms with Crippen LogP contribution in [0.25, 0.3) is 0 Å². The highest BCUT2D eigenvalue weighted by Gasteiger charge is 2.13. The van der Waals surface area contributed by atoms with Gasteiger partial charge in [0.15, 0.2) is 11.6 Å². The summed E-state index contributed by atoms with van der Waals surface area (Å²) in [6.45, 7) is 1.96. The van der Waals surface area contributed by atoms with Gasteiger partial charge in [-0.2, -0.15) is 0 Å². The summed E-state index contributed by atoms with van der Waals surface area (Å²) in [5.74, 6) is -1.65. The van der Waals surface area contributed by atoms with Crippen molar-refractivity contribution in [2.24, 2.45) is 5.73 Å². The fraction of sp³-hybridized carbons (Fsp3) is 0.400. The predicted octanol–water partition coefficient (Wildman–Crippen LogP) is 3.19. The summed E-state index contributed by atoms with van der Waals surface area (Å²) in [4.78, 5) is 0. The first-order valence-corrected chi connectivity index (χ1v) is 4.36. The molecule has 0 saturated carbocycles. The lowest BCUT2D eigenvalue weighted by atomic mass is 10.0. The molecule has 1 aromatic rings. The Morgan fingerprint density at radius 3 is 2.57 bits per heavy atom. The zero-order valence-electron chi connectivity index (χ0n) is 7.97. The first-order valence-electron chi connectivity index (χ1n) is 4.36. The van der Waals surface area contributed by atoms with E-state index in [9.17, 15) is 8.78 Å². The van der Waals surface area contributed by atoms with Gasteiger partial charge in [0.25, 0.3) is 0 Å². The topological polar surface area (TPSA) is 26.0 Å². The van der Waals surface area contributed by atoms with Crippen LogP contribution in [0.2, 0.25) is 0 Å². The van der Waals surface area contributed by atoms with Crippen molar-refractivity contribution in [2.45, 2.75) is 25.8 Å². The molecule has 0 saturated heterocycles. The van der Waals surface area contributed by atoms with E-state index >= 15 is 0 Å². The molecule has 0 aliphatic heterocycles. The molecule has 1 aromatic carbocycles. The Morgan fingerprint density at radius 2 is 2.00 bits per heavy atom. The van der Waals surface area contributed by atoms with Crippen LogP contribution in [0.15, 0.2) is 18.2 Å². The molecule has 1 rings (SSSR count). The molecule has 80 valence electrons. The van der Waals surface area contributed by atoms with Gasteiger partial charge in [0.05, 0.1) is 0 Å². The van der Waals surface area contributed by atoms with Gasteiger partial charge < -0.3 is 5.73 Å². The van der Waals surface area contributed by atoms with E-state index in [0.29, 0.717) is 6.42 Å². The van der Waals surface area contributed by atoms with Crippen LogP contribution >= 0.6 is 12.4 Å². The number of hydrogen-bond acceptors (Lipinski definition) is 1. The van der Waals surface area contributed by atoms with E-state index in [2.05, 4.69) is 0 Å². The normalized spacial score (nSPS) is 12.0. The minimum Gasteiger partial charge on any atom is -0.324 e. The monoisotopic (exact) mass is 221 g/mol. The molecule has 0 heterocycles. The minimum absolute atomic E-state index is 0. The first kappa shape index (κ1) is 13.3. The van der Waals surface area contributed by atoms with Crippen LogP contribution in [-0.2, 0) is 0 Å². The molecule has 0 radical (unpaired) electrons. The number of hydrogen-bond donors (Lipinski definition) is 1. The molecule has 0 amide bonds. The lowest BCUT2D eigenvalue weighted by molar-refractivity contribution is 0.482. The van der Waals surface area contributed by atoms with Crippen molar-refractivity contribution in [3.05, 3.63) is 35.4 Å². The van der Waals surface area contributed by atoms with Crippen molar-refractivity contribution < 1.29 is 8.78 Å². The summed E-state index contributed by atoms with van der Waals surface area (Å²) >= 11 is 0. The Hall–Kier alpha value is -0.670. The van der Waals surface area contributed by atoms with Crippen molar-refractivity contribution in [3.63, 3.8) is 0 Å². The maximum atomic E-state index is 13.1. The van der Waals surface area contributed by atoms with Crippen LogP contribution in [-0.4, -0.2) is 0 Å². The fourth-order valence-corrected chi connectivity index (χ4v) is 1.27. The summed E-state index contributed by atoms with van der Waals surface area (Å²) in [7, 11) is 0. The lowest BCUT2D eigenvalue weighted by Crippen LogP contribution is -2.12. The summed E-state index contributed by atoms with van der Waals surface area (Å²) in [6, 6.07) is 3.69. The Balaban J connectivity index is 0.00000169. The van der Waals surface area contributed by atoms with Gasteiger partial charge in [-0.05, 0) is 12.5 Å². The van der Waals surface area contributed by atoms with Gasteiger partial charge in [-0.25, -0.2) is 8.78 Å². The molecule has 0 aliphatic carbocycles. The van der Waals surface area contributed by atoms with Crippen LogP contribution in [0.4, 0.5) is 8.78 Å². The van der Waals surface area contributed by atoms with E-state index in [4.69, 9.17) is 5.73 Å². The van der Waals surface area contributed by atoms with E-state index in [1.165, 1.54) is 12.1 Å². The molecule has 1 nitrogen and oxygen atoms in total. The zero-order valence-corrected chi connectivity index (χ0v) is 8.78. The number of rotatable bonds is 3. The van der Waals surface area contributed by atoms with Gasteiger partial charge in [0.2, 0.25) is 0 Å². The van der Waals surface area contributed by atoms with Gasteiger partial charge >= 0.3 is 0 Å². The Morgan fingerprint density at radius 1 is 1.36 bits per heavy atom. The Kier molecular flexibility index (Phi) is 5.65. The third kappa shape index (κ3) is 2.93. The molecule has 0 aromatic heterocycles. The van der Waals surface area contributed by atoms with Crippen molar-refractivity contribution in [3.8, 4) is 0 Å². The average molecular weight is 222 g/mol. The second-order valence-electron chi connectivity index (χ2n) is 3.04. The van der Waals surface area contributed by atoms with E-state index in [1.807, 2.05) is 6.92 Å². The SMILES string of the molecule is CCC[C@@H](N)c1cccc(F)c1F.Cl. The summed E-state index contributed by atoms with van der Waals surface area (Å²) in [5.41, 5.74) is 5.93. The highest BCUT2D eigenvalue weighted by Crippen LogP contribution is 2.20. The molecular formula is C10H14ClF2N. The molecule has 2 N–H and O–H groups in total. The van der Waals surface area contributed by atoms with Gasteiger partial charge in [-0.15, -0.1) is 12.4 Å². The van der Waals surface area contributed by atoms with Crippen LogP contribution in [0.5, 0.6) is 0 Å². The number of benzene rings is 1. The molecule has 0 unspecified atom stereocenters. The Bertz CT molecular complexity index is 291. The lowest BCUT2D eigenvalue weighted by Gasteiger charge is -2.11. The van der Waals surface area contributed by atoms with E-state index in [1.54, 1.807) is 0 Å². The van der Waals surface area contributed by atoms with Gasteiger partial charge in [-0.3, -0.25) is 0 Å². The van der Waals surface area contributed by atoms with E-state index < -0.39 is 17.7 Å². The van der Waals surface area contributed by atoms with Crippen LogP contribution < -0.4 is 5.73 Å². The number of halogens is 3. The van der Waals surface area contributed by atoms with Crippen LogP contribution in [0, 0.1) is 11.6 Å². The van der Waals surface area contributed by atoms with E-state index in [0.717, 1.165) is 12.5 Å². The standard InChI is InChI=1S/C10H13F2N.ClH/c1-2-4-9(13)7-5-3-6-8(11)10(7)12;/h3,5-6,9H,2,4,13H2,1H3;1H/t9-;/m1./s1. The molecule has 0 fully saturated rings. The van der Waals surface area contributed by atoms with Crippen molar-refractivity contribution in [2.75, 3.05) is 0 Å². The van der Waals surface area contributed by atoms with Gasteiger partial charge in [0.1, 0.15) is 0 Å². The molecule has 0 bridgehead atoms. The summed E-state index contributed by atoms with van der Waals surface area (Å²) < 4.78 is 25.9. The highest BCUT2D eigenvalue weighted by atomic mass is 35.5. The molecule has 1 atom stereocenters.